The van der Waals surface area contributed by atoms with Gasteiger partial charge in [-0.15, -0.1) is 0 Å². The maximum absolute atomic E-state index is 14.2. The van der Waals surface area contributed by atoms with Gasteiger partial charge >= 0.3 is 0 Å². The Morgan fingerprint density at radius 3 is 2.21 bits per heavy atom. The van der Waals surface area contributed by atoms with Crippen LogP contribution < -0.4 is 4.90 Å². The Morgan fingerprint density at radius 2 is 1.74 bits per heavy atom. The minimum Gasteiger partial charge on any atom is -0.372 e. The summed E-state index contributed by atoms with van der Waals surface area (Å²) in [5, 5.41) is 0. The van der Waals surface area contributed by atoms with E-state index in [1.165, 1.54) is 0 Å². The first-order valence-electron chi connectivity index (χ1n) is 6.98. The molecule has 1 aromatic carbocycles. The number of benzene rings is 1. The fourth-order valence-electron chi connectivity index (χ4n) is 2.70. The van der Waals surface area contributed by atoms with Crippen molar-refractivity contribution in [3.05, 3.63) is 29.6 Å². The number of anilines is 1. The Balaban J connectivity index is 2.25. The molecule has 1 heterocycles. The van der Waals surface area contributed by atoms with Crippen LogP contribution >= 0.6 is 0 Å². The summed E-state index contributed by atoms with van der Waals surface area (Å²) in [4.78, 5) is 2.20. The molecule has 106 valence electrons. The van der Waals surface area contributed by atoms with E-state index >= 15 is 0 Å². The van der Waals surface area contributed by atoms with Crippen LogP contribution in [0.2, 0.25) is 0 Å². The van der Waals surface area contributed by atoms with Gasteiger partial charge in [0.2, 0.25) is 0 Å². The van der Waals surface area contributed by atoms with Crippen LogP contribution in [-0.4, -0.2) is 25.3 Å². The van der Waals surface area contributed by atoms with Crippen LogP contribution in [0, 0.1) is 5.82 Å². The summed E-state index contributed by atoms with van der Waals surface area (Å²) in [6.45, 7) is 11.8. The van der Waals surface area contributed by atoms with Crippen LogP contribution in [0.1, 0.15) is 40.2 Å². The summed E-state index contributed by atoms with van der Waals surface area (Å²) in [6, 6.07) is 5.59. The Morgan fingerprint density at radius 1 is 1.16 bits per heavy atom. The zero-order chi connectivity index (χ0) is 14.2. The lowest BCUT2D eigenvalue weighted by Gasteiger charge is -2.37. The van der Waals surface area contributed by atoms with E-state index in [4.69, 9.17) is 4.74 Å². The first-order valence-corrected chi connectivity index (χ1v) is 6.98. The van der Waals surface area contributed by atoms with Crippen molar-refractivity contribution in [1.82, 2.24) is 0 Å². The number of morpholine rings is 1. The highest BCUT2D eigenvalue weighted by Gasteiger charge is 2.24. The van der Waals surface area contributed by atoms with E-state index in [0.717, 1.165) is 24.3 Å². The van der Waals surface area contributed by atoms with Gasteiger partial charge in [0.05, 0.1) is 12.2 Å². The zero-order valence-corrected chi connectivity index (χ0v) is 12.5. The van der Waals surface area contributed by atoms with Crippen molar-refractivity contribution in [2.24, 2.45) is 0 Å². The summed E-state index contributed by atoms with van der Waals surface area (Å²) in [6.07, 6.45) is 0.378. The Bertz CT molecular complexity index is 443. The summed E-state index contributed by atoms with van der Waals surface area (Å²) < 4.78 is 19.9. The van der Waals surface area contributed by atoms with Crippen LogP contribution in [0.3, 0.4) is 0 Å². The van der Waals surface area contributed by atoms with E-state index in [0.29, 0.717) is 0 Å². The molecule has 0 bridgehead atoms. The van der Waals surface area contributed by atoms with E-state index < -0.39 is 0 Å². The monoisotopic (exact) mass is 265 g/mol. The second kappa shape index (κ2) is 5.12. The van der Waals surface area contributed by atoms with Crippen LogP contribution in [-0.2, 0) is 10.2 Å². The van der Waals surface area contributed by atoms with Crippen molar-refractivity contribution in [1.29, 1.82) is 0 Å². The van der Waals surface area contributed by atoms with Gasteiger partial charge in [0, 0.05) is 18.8 Å². The smallest absolute Gasteiger partial charge is 0.128 e. The maximum Gasteiger partial charge on any atom is 0.128 e. The first kappa shape index (κ1) is 14.3. The average molecular weight is 265 g/mol. The van der Waals surface area contributed by atoms with Gasteiger partial charge in [-0.1, -0.05) is 26.8 Å². The standard InChI is InChI=1S/C16H24FNO/c1-11-9-18(10-12(2)19-11)13-6-7-14(15(17)8-13)16(3,4)5/h6-8,11-12H,9-10H2,1-5H3/t11-,12+. The van der Waals surface area contributed by atoms with Crippen molar-refractivity contribution in [3.63, 3.8) is 0 Å². The van der Waals surface area contributed by atoms with E-state index in [1.54, 1.807) is 6.07 Å². The third kappa shape index (κ3) is 3.27. The number of hydrogen-bond donors (Lipinski definition) is 0. The van der Waals surface area contributed by atoms with Gasteiger partial charge in [0.25, 0.3) is 0 Å². The van der Waals surface area contributed by atoms with Crippen molar-refractivity contribution < 1.29 is 9.13 Å². The molecule has 1 aliphatic rings. The number of rotatable bonds is 1. The van der Waals surface area contributed by atoms with Gasteiger partial charge in [-0.05, 0) is 37.0 Å². The van der Waals surface area contributed by atoms with Gasteiger partial charge in [-0.25, -0.2) is 4.39 Å². The molecule has 0 aromatic heterocycles. The fourth-order valence-corrected chi connectivity index (χ4v) is 2.70. The molecule has 3 heteroatoms. The average Bonchev–Trinajstić information content (AvgIpc) is 2.25. The summed E-state index contributed by atoms with van der Waals surface area (Å²) >= 11 is 0. The molecule has 1 aromatic rings. The second-order valence-electron chi connectivity index (χ2n) is 6.58. The summed E-state index contributed by atoms with van der Waals surface area (Å²) in [7, 11) is 0. The van der Waals surface area contributed by atoms with Gasteiger partial charge < -0.3 is 9.64 Å². The molecule has 2 rings (SSSR count). The molecule has 1 saturated heterocycles. The lowest BCUT2D eigenvalue weighted by molar-refractivity contribution is -0.00523. The zero-order valence-electron chi connectivity index (χ0n) is 12.5. The Kier molecular flexibility index (Phi) is 3.86. The molecule has 0 aliphatic carbocycles. The van der Waals surface area contributed by atoms with Crippen molar-refractivity contribution in [2.75, 3.05) is 18.0 Å². The normalized spacial score (nSPS) is 24.6. The highest BCUT2D eigenvalue weighted by Crippen LogP contribution is 2.29. The van der Waals surface area contributed by atoms with E-state index in [1.807, 2.05) is 32.9 Å². The van der Waals surface area contributed by atoms with Gasteiger partial charge in [-0.2, -0.15) is 0 Å². The van der Waals surface area contributed by atoms with Crippen molar-refractivity contribution in [3.8, 4) is 0 Å². The lowest BCUT2D eigenvalue weighted by atomic mass is 9.86. The molecular weight excluding hydrogens is 241 g/mol. The van der Waals surface area contributed by atoms with Crippen molar-refractivity contribution in [2.45, 2.75) is 52.2 Å². The predicted octanol–water partition coefficient (Wildman–Crippen LogP) is 3.74. The fraction of sp³-hybridized carbons (Fsp3) is 0.625. The molecule has 0 N–H and O–H groups in total. The largest absolute Gasteiger partial charge is 0.372 e. The molecule has 1 fully saturated rings. The van der Waals surface area contributed by atoms with E-state index in [9.17, 15) is 4.39 Å². The van der Waals surface area contributed by atoms with Gasteiger partial charge in [-0.3, -0.25) is 0 Å². The highest BCUT2D eigenvalue weighted by atomic mass is 19.1. The van der Waals surface area contributed by atoms with Gasteiger partial charge in [0.15, 0.2) is 0 Å². The summed E-state index contributed by atoms with van der Waals surface area (Å²) in [5.41, 5.74) is 1.56. The molecule has 0 unspecified atom stereocenters. The number of hydrogen-bond acceptors (Lipinski definition) is 2. The molecule has 2 nitrogen and oxygen atoms in total. The molecular formula is C16H24FNO. The molecule has 1 aliphatic heterocycles. The molecule has 2 atom stereocenters. The minimum atomic E-state index is -0.159. The quantitative estimate of drug-likeness (QED) is 0.767. The molecule has 19 heavy (non-hydrogen) atoms. The molecule has 0 amide bonds. The minimum absolute atomic E-state index is 0.114. The Hall–Kier alpha value is -1.09. The van der Waals surface area contributed by atoms with Gasteiger partial charge in [0.1, 0.15) is 5.82 Å². The molecule has 0 saturated carbocycles. The number of ether oxygens (including phenoxy) is 1. The Labute approximate surface area is 115 Å². The maximum atomic E-state index is 14.2. The second-order valence-corrected chi connectivity index (χ2v) is 6.58. The molecule has 0 spiro atoms. The van der Waals surface area contributed by atoms with Crippen LogP contribution in [0.4, 0.5) is 10.1 Å². The molecule has 0 radical (unpaired) electrons. The topological polar surface area (TPSA) is 12.5 Å². The lowest BCUT2D eigenvalue weighted by Crippen LogP contribution is -2.45. The highest BCUT2D eigenvalue weighted by molar-refractivity contribution is 5.50. The van der Waals surface area contributed by atoms with Crippen LogP contribution in [0.5, 0.6) is 0 Å². The van der Waals surface area contributed by atoms with E-state index in [2.05, 4.69) is 18.7 Å². The first-order chi connectivity index (χ1) is 8.77. The third-order valence-corrected chi connectivity index (χ3v) is 3.55. The van der Waals surface area contributed by atoms with E-state index in [-0.39, 0.29) is 23.4 Å². The third-order valence-electron chi connectivity index (χ3n) is 3.55. The van der Waals surface area contributed by atoms with Crippen LogP contribution in [0.25, 0.3) is 0 Å². The SMILES string of the molecule is C[C@@H]1CN(c2ccc(C(C)(C)C)c(F)c2)C[C@H](C)O1. The number of nitrogens with zero attached hydrogens (tertiary/aromatic N) is 1. The summed E-state index contributed by atoms with van der Waals surface area (Å²) in [5.74, 6) is -0.114. The van der Waals surface area contributed by atoms with Crippen molar-refractivity contribution >= 4 is 5.69 Å². The number of halogens is 1. The predicted molar refractivity (Wildman–Crippen MR) is 77.3 cm³/mol. The van der Waals surface area contributed by atoms with Crippen LogP contribution in [0.15, 0.2) is 18.2 Å².